The molecule has 0 spiro atoms. The molecule has 0 aromatic carbocycles. The molecule has 40 valence electrons. The first kappa shape index (κ1) is 4.62. The quantitative estimate of drug-likeness (QED) is 0.379. The fraction of sp³-hybridized carbons (Fsp3) is 0.800. The summed E-state index contributed by atoms with van der Waals surface area (Å²) in [7, 11) is 0. The average molecular weight is 99.2 g/mol. The maximum atomic E-state index is 3.11. The molecule has 2 heteroatoms. The summed E-state index contributed by atoms with van der Waals surface area (Å²) in [5.41, 5.74) is 0. The molecule has 0 radical (unpaired) electrons. The highest BCUT2D eigenvalue weighted by atomic mass is 14.9. The van der Waals surface area contributed by atoms with Gasteiger partial charge in [-0.15, -0.1) is 0 Å². The summed E-state index contributed by atoms with van der Waals surface area (Å²) in [6.07, 6.45) is 4.51. The Bertz CT molecular complexity index is 60.5. The standard InChI is InChI=1S/C5H10N2/c1-2-4-7-5-6-3-1/h5H,1-4H2,(H,6,7)/p+1. The third kappa shape index (κ3) is 1.57. The normalized spacial score (nSPS) is 20.6. The van der Waals surface area contributed by atoms with Gasteiger partial charge in [0.1, 0.15) is 0 Å². The summed E-state index contributed by atoms with van der Waals surface area (Å²) in [5.74, 6) is 0. The summed E-state index contributed by atoms with van der Waals surface area (Å²) >= 11 is 0. The Morgan fingerprint density at radius 1 is 1.43 bits per heavy atom. The van der Waals surface area contributed by atoms with E-state index in [1.807, 2.05) is 6.34 Å². The average Bonchev–Trinajstić information content (AvgIpc) is 1.90. The van der Waals surface area contributed by atoms with Crippen molar-refractivity contribution in [3.8, 4) is 0 Å². The van der Waals surface area contributed by atoms with Crippen LogP contribution in [0.15, 0.2) is 0 Å². The van der Waals surface area contributed by atoms with Crippen molar-refractivity contribution < 1.29 is 4.99 Å². The third-order valence-corrected chi connectivity index (χ3v) is 1.10. The molecule has 0 bridgehead atoms. The molecule has 2 N–H and O–H groups in total. The minimum Gasteiger partial charge on any atom is -0.281 e. The zero-order valence-electron chi connectivity index (χ0n) is 4.41. The summed E-state index contributed by atoms with van der Waals surface area (Å²) in [6.45, 7) is 2.26. The maximum Gasteiger partial charge on any atom is 0.229 e. The summed E-state index contributed by atoms with van der Waals surface area (Å²) in [6, 6.07) is 0. The van der Waals surface area contributed by atoms with Crippen LogP contribution in [0.1, 0.15) is 12.8 Å². The Hall–Kier alpha value is -0.530. The number of rotatable bonds is 0. The van der Waals surface area contributed by atoms with Crippen LogP contribution in [0.4, 0.5) is 0 Å². The number of hydrogen-bond acceptors (Lipinski definition) is 1. The van der Waals surface area contributed by atoms with Crippen LogP contribution < -0.4 is 10.3 Å². The molecule has 0 fully saturated rings. The van der Waals surface area contributed by atoms with E-state index in [0.717, 1.165) is 13.1 Å². The Morgan fingerprint density at radius 2 is 2.43 bits per heavy atom. The largest absolute Gasteiger partial charge is 0.281 e. The molecule has 7 heavy (non-hydrogen) atoms. The van der Waals surface area contributed by atoms with Gasteiger partial charge in [-0.3, -0.25) is 10.3 Å². The van der Waals surface area contributed by atoms with Gasteiger partial charge >= 0.3 is 0 Å². The fourth-order valence-electron chi connectivity index (χ4n) is 0.671. The van der Waals surface area contributed by atoms with Gasteiger partial charge < -0.3 is 0 Å². The lowest BCUT2D eigenvalue weighted by Crippen LogP contribution is -2.70. The van der Waals surface area contributed by atoms with Crippen LogP contribution >= 0.6 is 0 Å². The second kappa shape index (κ2) is 2.61. The van der Waals surface area contributed by atoms with E-state index in [0.29, 0.717) is 0 Å². The Kier molecular flexibility index (Phi) is 1.72. The molecule has 1 rings (SSSR count). The van der Waals surface area contributed by atoms with Crippen molar-refractivity contribution in [2.45, 2.75) is 12.8 Å². The second-order valence-corrected chi connectivity index (χ2v) is 1.76. The zero-order valence-corrected chi connectivity index (χ0v) is 4.41. The molecule has 0 saturated carbocycles. The van der Waals surface area contributed by atoms with Crippen LogP contribution in [-0.4, -0.2) is 19.4 Å². The van der Waals surface area contributed by atoms with Gasteiger partial charge in [0, 0.05) is 0 Å². The Morgan fingerprint density at radius 3 is 3.43 bits per heavy atom. The monoisotopic (exact) mass is 99.1 g/mol. The topological polar surface area (TPSA) is 26.0 Å². The van der Waals surface area contributed by atoms with E-state index in [1.165, 1.54) is 12.8 Å². The van der Waals surface area contributed by atoms with Crippen LogP contribution in [0.5, 0.6) is 0 Å². The molecular formula is C5H11N2+. The van der Waals surface area contributed by atoms with Gasteiger partial charge in [-0.25, -0.2) is 0 Å². The van der Waals surface area contributed by atoms with Crippen LogP contribution in [0.3, 0.4) is 0 Å². The molecule has 1 aliphatic rings. The minimum atomic E-state index is 1.13. The Labute approximate surface area is 43.6 Å². The molecule has 0 aromatic heterocycles. The van der Waals surface area contributed by atoms with Crippen molar-refractivity contribution in [3.05, 3.63) is 0 Å². The lowest BCUT2D eigenvalue weighted by atomic mass is 10.3. The van der Waals surface area contributed by atoms with Crippen molar-refractivity contribution in [2.75, 3.05) is 13.1 Å². The first-order valence-electron chi connectivity index (χ1n) is 2.78. The van der Waals surface area contributed by atoms with Gasteiger partial charge in [-0.1, -0.05) is 0 Å². The molecular weight excluding hydrogens is 88.1 g/mol. The summed E-state index contributed by atoms with van der Waals surface area (Å²) < 4.78 is 0. The molecule has 1 aliphatic heterocycles. The van der Waals surface area contributed by atoms with Crippen molar-refractivity contribution >= 4 is 6.34 Å². The van der Waals surface area contributed by atoms with Gasteiger partial charge in [-0.05, 0) is 12.8 Å². The highest BCUT2D eigenvalue weighted by Crippen LogP contribution is 1.80. The van der Waals surface area contributed by atoms with Gasteiger partial charge in [0.2, 0.25) is 6.34 Å². The van der Waals surface area contributed by atoms with E-state index in [1.54, 1.807) is 0 Å². The number of nitrogens with one attached hydrogen (secondary N) is 2. The van der Waals surface area contributed by atoms with Crippen molar-refractivity contribution in [3.63, 3.8) is 0 Å². The minimum absolute atomic E-state index is 1.13. The number of hydrogen-bond donors (Lipinski definition) is 2. The Balaban J connectivity index is 2.20. The van der Waals surface area contributed by atoms with E-state index in [9.17, 15) is 0 Å². The van der Waals surface area contributed by atoms with E-state index in [4.69, 9.17) is 0 Å². The molecule has 2 nitrogen and oxygen atoms in total. The first-order chi connectivity index (χ1) is 3.50. The van der Waals surface area contributed by atoms with E-state index >= 15 is 0 Å². The van der Waals surface area contributed by atoms with E-state index < -0.39 is 0 Å². The lowest BCUT2D eigenvalue weighted by Gasteiger charge is -1.83. The van der Waals surface area contributed by atoms with Crippen LogP contribution in [0.2, 0.25) is 0 Å². The fourth-order valence-corrected chi connectivity index (χ4v) is 0.671. The second-order valence-electron chi connectivity index (χ2n) is 1.76. The smallest absolute Gasteiger partial charge is 0.229 e. The molecule has 0 aromatic rings. The van der Waals surface area contributed by atoms with E-state index in [-0.39, 0.29) is 0 Å². The van der Waals surface area contributed by atoms with Crippen LogP contribution in [-0.2, 0) is 0 Å². The maximum absolute atomic E-state index is 3.11. The SMILES string of the molecule is C1=[NH+]CCCCN1. The first-order valence-corrected chi connectivity index (χ1v) is 2.78. The van der Waals surface area contributed by atoms with Gasteiger partial charge in [-0.2, -0.15) is 0 Å². The van der Waals surface area contributed by atoms with Crippen molar-refractivity contribution in [2.24, 2.45) is 0 Å². The van der Waals surface area contributed by atoms with Gasteiger partial charge in [0.15, 0.2) is 0 Å². The molecule has 0 atom stereocenters. The zero-order chi connectivity index (χ0) is 4.95. The summed E-state index contributed by atoms with van der Waals surface area (Å²) in [4.78, 5) is 3.11. The highest BCUT2D eigenvalue weighted by molar-refractivity contribution is 5.46. The summed E-state index contributed by atoms with van der Waals surface area (Å²) in [5, 5.41) is 3.11. The molecule has 0 aliphatic carbocycles. The molecule has 0 amide bonds. The predicted molar refractivity (Wildman–Crippen MR) is 29.1 cm³/mol. The van der Waals surface area contributed by atoms with Crippen LogP contribution in [0.25, 0.3) is 0 Å². The third-order valence-electron chi connectivity index (χ3n) is 1.10. The van der Waals surface area contributed by atoms with Crippen molar-refractivity contribution in [1.29, 1.82) is 0 Å². The molecule has 0 unspecified atom stereocenters. The van der Waals surface area contributed by atoms with Crippen LogP contribution in [0, 0.1) is 0 Å². The predicted octanol–water partition coefficient (Wildman–Crippen LogP) is -1.52. The van der Waals surface area contributed by atoms with Crippen molar-refractivity contribution in [1.82, 2.24) is 5.32 Å². The highest BCUT2D eigenvalue weighted by Gasteiger charge is 1.92. The molecule has 0 saturated heterocycles. The van der Waals surface area contributed by atoms with Gasteiger partial charge in [0.05, 0.1) is 13.1 Å². The van der Waals surface area contributed by atoms with Gasteiger partial charge in [0.25, 0.3) is 0 Å². The molecule has 1 heterocycles. The van der Waals surface area contributed by atoms with E-state index in [2.05, 4.69) is 10.3 Å². The lowest BCUT2D eigenvalue weighted by molar-refractivity contribution is -0.452.